The van der Waals surface area contributed by atoms with Crippen LogP contribution in [0.15, 0.2) is 40.8 Å². The molecule has 2 amide bonds. The maximum Gasteiger partial charge on any atom is 0.287 e. The van der Waals surface area contributed by atoms with E-state index in [2.05, 4.69) is 11.4 Å². The van der Waals surface area contributed by atoms with E-state index < -0.39 is 0 Å². The fraction of sp³-hybridized carbons (Fsp3) is 0.391. The van der Waals surface area contributed by atoms with Gasteiger partial charge in [0.1, 0.15) is 5.58 Å². The zero-order valence-corrected chi connectivity index (χ0v) is 16.3. The molecule has 146 valence electrons. The lowest BCUT2D eigenvalue weighted by molar-refractivity contribution is -0.130. The molecule has 28 heavy (non-hydrogen) atoms. The van der Waals surface area contributed by atoms with E-state index in [9.17, 15) is 9.59 Å². The van der Waals surface area contributed by atoms with E-state index in [1.165, 1.54) is 0 Å². The number of benzene rings is 2. The monoisotopic (exact) mass is 378 g/mol. The average Bonchev–Trinajstić information content (AvgIpc) is 2.92. The van der Waals surface area contributed by atoms with Gasteiger partial charge in [-0.15, -0.1) is 0 Å². The number of furan rings is 1. The second-order valence-corrected chi connectivity index (χ2v) is 7.52. The summed E-state index contributed by atoms with van der Waals surface area (Å²) in [4.78, 5) is 26.6. The quantitative estimate of drug-likeness (QED) is 0.669. The SMILES string of the molecule is Cc1c(C(=O)NCCCN2CCCCCC2=O)oc2c1ccc1ccccc12. The van der Waals surface area contributed by atoms with Crippen molar-refractivity contribution in [3.8, 4) is 0 Å². The standard InChI is InChI=1S/C23H26N2O3/c1-16-18-12-11-17-8-4-5-9-19(17)22(18)28-21(16)23(27)24-13-7-15-25-14-6-2-3-10-20(25)26/h4-5,8-9,11-12H,2-3,6-7,10,13-15H2,1H3,(H,24,27). The van der Waals surface area contributed by atoms with Crippen molar-refractivity contribution in [2.75, 3.05) is 19.6 Å². The largest absolute Gasteiger partial charge is 0.450 e. The van der Waals surface area contributed by atoms with Gasteiger partial charge in [0.2, 0.25) is 5.91 Å². The molecule has 0 spiro atoms. The molecule has 0 bridgehead atoms. The molecular weight excluding hydrogens is 352 g/mol. The van der Waals surface area contributed by atoms with Gasteiger partial charge in [0.25, 0.3) is 5.91 Å². The summed E-state index contributed by atoms with van der Waals surface area (Å²) < 4.78 is 5.98. The minimum absolute atomic E-state index is 0.194. The zero-order chi connectivity index (χ0) is 19.5. The third-order valence-electron chi connectivity index (χ3n) is 5.60. The van der Waals surface area contributed by atoms with E-state index in [1.807, 2.05) is 42.2 Å². The molecule has 0 aliphatic carbocycles. The Morgan fingerprint density at radius 2 is 1.96 bits per heavy atom. The summed E-state index contributed by atoms with van der Waals surface area (Å²) in [6.07, 6.45) is 4.59. The van der Waals surface area contributed by atoms with Gasteiger partial charge < -0.3 is 14.6 Å². The Labute approximate surface area is 164 Å². The molecular formula is C23H26N2O3. The summed E-state index contributed by atoms with van der Waals surface area (Å²) in [6, 6.07) is 12.1. The second-order valence-electron chi connectivity index (χ2n) is 7.52. The number of nitrogens with one attached hydrogen (secondary N) is 1. The normalized spacial score (nSPS) is 15.2. The summed E-state index contributed by atoms with van der Waals surface area (Å²) in [6.45, 7) is 3.98. The van der Waals surface area contributed by atoms with Crippen LogP contribution in [-0.4, -0.2) is 36.3 Å². The molecule has 0 radical (unpaired) electrons. The Kier molecular flexibility index (Phi) is 5.33. The van der Waals surface area contributed by atoms with Crippen LogP contribution in [0.1, 0.15) is 48.2 Å². The summed E-state index contributed by atoms with van der Waals surface area (Å²) in [5.41, 5.74) is 1.62. The van der Waals surface area contributed by atoms with Crippen molar-refractivity contribution < 1.29 is 14.0 Å². The zero-order valence-electron chi connectivity index (χ0n) is 16.3. The Morgan fingerprint density at radius 1 is 1.11 bits per heavy atom. The maximum atomic E-state index is 12.7. The average molecular weight is 378 g/mol. The Hall–Kier alpha value is -2.82. The van der Waals surface area contributed by atoms with Crippen LogP contribution < -0.4 is 5.32 Å². The molecule has 1 N–H and O–H groups in total. The summed E-state index contributed by atoms with van der Waals surface area (Å²) >= 11 is 0. The molecule has 1 aliphatic heterocycles. The van der Waals surface area contributed by atoms with Gasteiger partial charge in [-0.2, -0.15) is 0 Å². The molecule has 1 fully saturated rings. The number of hydrogen-bond donors (Lipinski definition) is 1. The predicted octanol–water partition coefficient (Wildman–Crippen LogP) is 4.42. The highest BCUT2D eigenvalue weighted by Gasteiger charge is 2.19. The van der Waals surface area contributed by atoms with E-state index in [0.29, 0.717) is 25.3 Å². The molecule has 1 saturated heterocycles. The molecule has 3 aromatic rings. The van der Waals surface area contributed by atoms with Crippen molar-refractivity contribution in [3.05, 3.63) is 47.7 Å². The van der Waals surface area contributed by atoms with Crippen LogP contribution in [0.25, 0.3) is 21.7 Å². The number of aryl methyl sites for hydroxylation is 1. The number of amides is 2. The van der Waals surface area contributed by atoms with Crippen molar-refractivity contribution in [2.24, 2.45) is 0 Å². The lowest BCUT2D eigenvalue weighted by Crippen LogP contribution is -2.34. The van der Waals surface area contributed by atoms with Crippen molar-refractivity contribution in [3.63, 3.8) is 0 Å². The number of rotatable bonds is 5. The van der Waals surface area contributed by atoms with Gasteiger partial charge >= 0.3 is 0 Å². The van der Waals surface area contributed by atoms with Gasteiger partial charge in [-0.1, -0.05) is 42.8 Å². The minimum Gasteiger partial charge on any atom is -0.450 e. The summed E-state index contributed by atoms with van der Waals surface area (Å²) in [7, 11) is 0. The first kappa shape index (κ1) is 18.5. The topological polar surface area (TPSA) is 62.6 Å². The van der Waals surface area contributed by atoms with Gasteiger partial charge in [-0.3, -0.25) is 9.59 Å². The van der Waals surface area contributed by atoms with E-state index in [1.54, 1.807) is 0 Å². The first-order valence-electron chi connectivity index (χ1n) is 10.1. The molecule has 5 nitrogen and oxygen atoms in total. The van der Waals surface area contributed by atoms with Crippen LogP contribution in [0.4, 0.5) is 0 Å². The number of carbonyl (C=O) groups excluding carboxylic acids is 2. The second kappa shape index (κ2) is 8.05. The lowest BCUT2D eigenvalue weighted by atomic mass is 10.1. The predicted molar refractivity (Wildman–Crippen MR) is 110 cm³/mol. The third kappa shape index (κ3) is 3.61. The van der Waals surface area contributed by atoms with Gasteiger partial charge in [0.15, 0.2) is 5.76 Å². The number of hydrogen-bond acceptors (Lipinski definition) is 3. The summed E-state index contributed by atoms with van der Waals surface area (Å²) in [5, 5.41) is 6.03. The smallest absolute Gasteiger partial charge is 0.287 e. The van der Waals surface area contributed by atoms with Crippen LogP contribution >= 0.6 is 0 Å². The highest BCUT2D eigenvalue weighted by molar-refractivity contribution is 6.08. The minimum atomic E-state index is -0.194. The van der Waals surface area contributed by atoms with Crippen molar-refractivity contribution >= 4 is 33.6 Å². The molecule has 0 atom stereocenters. The van der Waals surface area contributed by atoms with Crippen molar-refractivity contribution in [2.45, 2.75) is 39.0 Å². The van der Waals surface area contributed by atoms with Crippen molar-refractivity contribution in [1.82, 2.24) is 10.2 Å². The molecule has 4 rings (SSSR count). The van der Waals surface area contributed by atoms with Crippen LogP contribution in [0, 0.1) is 6.92 Å². The molecule has 2 heterocycles. The fourth-order valence-electron chi connectivity index (χ4n) is 3.99. The number of carbonyl (C=O) groups is 2. The molecule has 5 heteroatoms. The number of fused-ring (bicyclic) bond motifs is 3. The first-order chi connectivity index (χ1) is 13.6. The molecule has 0 saturated carbocycles. The van der Waals surface area contributed by atoms with Gasteiger partial charge in [-0.05, 0) is 31.6 Å². The lowest BCUT2D eigenvalue weighted by Gasteiger charge is -2.20. The van der Waals surface area contributed by atoms with Gasteiger partial charge in [0.05, 0.1) is 0 Å². The first-order valence-corrected chi connectivity index (χ1v) is 10.1. The number of likely N-dealkylation sites (tertiary alicyclic amines) is 1. The van der Waals surface area contributed by atoms with Crippen LogP contribution in [0.3, 0.4) is 0 Å². The van der Waals surface area contributed by atoms with E-state index in [-0.39, 0.29) is 11.8 Å². The Bertz CT molecular complexity index is 1020. The molecule has 1 aliphatic rings. The molecule has 1 aromatic heterocycles. The number of nitrogens with zero attached hydrogens (tertiary/aromatic N) is 1. The fourth-order valence-corrected chi connectivity index (χ4v) is 3.99. The van der Waals surface area contributed by atoms with Gasteiger partial charge in [-0.25, -0.2) is 0 Å². The Morgan fingerprint density at radius 3 is 2.86 bits per heavy atom. The van der Waals surface area contributed by atoms with Crippen LogP contribution in [0.5, 0.6) is 0 Å². The molecule has 0 unspecified atom stereocenters. The van der Waals surface area contributed by atoms with Crippen LogP contribution in [-0.2, 0) is 4.79 Å². The highest BCUT2D eigenvalue weighted by atomic mass is 16.3. The van der Waals surface area contributed by atoms with Crippen molar-refractivity contribution in [1.29, 1.82) is 0 Å². The highest BCUT2D eigenvalue weighted by Crippen LogP contribution is 2.31. The summed E-state index contributed by atoms with van der Waals surface area (Å²) in [5.74, 6) is 0.418. The molecule has 2 aromatic carbocycles. The van der Waals surface area contributed by atoms with Gasteiger partial charge in [0, 0.05) is 42.4 Å². The van der Waals surface area contributed by atoms with Crippen LogP contribution in [0.2, 0.25) is 0 Å². The van der Waals surface area contributed by atoms with E-state index in [4.69, 9.17) is 4.42 Å². The van der Waals surface area contributed by atoms with E-state index in [0.717, 1.165) is 59.5 Å². The third-order valence-corrected chi connectivity index (χ3v) is 5.60. The van der Waals surface area contributed by atoms with E-state index >= 15 is 0 Å². The maximum absolute atomic E-state index is 12.7. The Balaban J connectivity index is 1.42.